The molecule has 0 spiro atoms. The Labute approximate surface area is 103 Å². The molecule has 2 heterocycles. The Kier molecular flexibility index (Phi) is 4.16. The van der Waals surface area contributed by atoms with Crippen LogP contribution in [0.2, 0.25) is 0 Å². The van der Waals surface area contributed by atoms with Gasteiger partial charge in [0.1, 0.15) is 0 Å². The van der Waals surface area contributed by atoms with Crippen molar-refractivity contribution in [2.75, 3.05) is 37.7 Å². The fourth-order valence-corrected chi connectivity index (χ4v) is 1.77. The molecule has 1 aromatic rings. The number of hydrogen-bond donors (Lipinski definition) is 0. The first kappa shape index (κ1) is 12.4. The Morgan fingerprint density at radius 2 is 2.28 bits per heavy atom. The molecule has 18 heavy (non-hydrogen) atoms. The molecule has 0 aromatic carbocycles. The van der Waals surface area contributed by atoms with E-state index < -0.39 is 0 Å². The van der Waals surface area contributed by atoms with Crippen LogP contribution in [0.25, 0.3) is 10.4 Å². The van der Waals surface area contributed by atoms with E-state index in [-0.39, 0.29) is 12.1 Å². The van der Waals surface area contributed by atoms with Gasteiger partial charge in [0.05, 0.1) is 31.6 Å². The van der Waals surface area contributed by atoms with E-state index in [1.165, 1.54) is 4.68 Å². The van der Waals surface area contributed by atoms with Gasteiger partial charge in [-0.05, 0) is 5.53 Å². The van der Waals surface area contributed by atoms with Gasteiger partial charge in [-0.2, -0.15) is 5.10 Å². The van der Waals surface area contributed by atoms with E-state index in [1.54, 1.807) is 12.3 Å². The Bertz CT molecular complexity index is 501. The van der Waals surface area contributed by atoms with E-state index in [9.17, 15) is 4.79 Å². The molecule has 0 aliphatic carbocycles. The van der Waals surface area contributed by atoms with Gasteiger partial charge in [0.2, 0.25) is 0 Å². The van der Waals surface area contributed by atoms with Gasteiger partial charge in [0.15, 0.2) is 0 Å². The van der Waals surface area contributed by atoms with Crippen molar-refractivity contribution < 1.29 is 4.74 Å². The van der Waals surface area contributed by atoms with Crippen molar-refractivity contribution in [3.8, 4) is 0 Å². The normalized spacial score (nSPS) is 15.2. The van der Waals surface area contributed by atoms with E-state index in [0.29, 0.717) is 19.8 Å². The third kappa shape index (κ3) is 2.99. The quantitative estimate of drug-likeness (QED) is 0.438. The molecule has 8 nitrogen and oxygen atoms in total. The van der Waals surface area contributed by atoms with Gasteiger partial charge in [-0.3, -0.25) is 4.79 Å². The highest BCUT2D eigenvalue weighted by atomic mass is 16.5. The highest BCUT2D eigenvalue weighted by molar-refractivity contribution is 5.43. The number of anilines is 1. The molecule has 1 fully saturated rings. The van der Waals surface area contributed by atoms with Crippen molar-refractivity contribution in [2.45, 2.75) is 6.54 Å². The summed E-state index contributed by atoms with van der Waals surface area (Å²) < 4.78 is 6.54. The Balaban J connectivity index is 2.08. The largest absolute Gasteiger partial charge is 0.378 e. The van der Waals surface area contributed by atoms with Crippen molar-refractivity contribution in [3.63, 3.8) is 0 Å². The van der Waals surface area contributed by atoms with Crippen LogP contribution >= 0.6 is 0 Å². The van der Waals surface area contributed by atoms with Crippen LogP contribution in [0.4, 0.5) is 5.69 Å². The van der Waals surface area contributed by atoms with E-state index in [4.69, 9.17) is 10.3 Å². The maximum Gasteiger partial charge on any atom is 0.268 e. The van der Waals surface area contributed by atoms with Crippen LogP contribution in [0.1, 0.15) is 0 Å². The maximum atomic E-state index is 11.8. The van der Waals surface area contributed by atoms with Crippen LogP contribution in [0.5, 0.6) is 0 Å². The Morgan fingerprint density at radius 3 is 2.94 bits per heavy atom. The summed E-state index contributed by atoms with van der Waals surface area (Å²) in [5.74, 6) is 0. The molecular weight excluding hydrogens is 236 g/mol. The Hall–Kier alpha value is -2.05. The molecule has 1 saturated heterocycles. The molecule has 96 valence electrons. The van der Waals surface area contributed by atoms with Gasteiger partial charge in [-0.25, -0.2) is 4.68 Å². The lowest BCUT2D eigenvalue weighted by Crippen LogP contribution is -2.37. The van der Waals surface area contributed by atoms with Crippen LogP contribution in [0, 0.1) is 0 Å². The van der Waals surface area contributed by atoms with E-state index in [1.807, 2.05) is 0 Å². The number of aromatic nitrogens is 2. The Morgan fingerprint density at radius 1 is 1.50 bits per heavy atom. The summed E-state index contributed by atoms with van der Waals surface area (Å²) in [6.45, 7) is 3.39. The van der Waals surface area contributed by atoms with Gasteiger partial charge in [-0.1, -0.05) is 5.11 Å². The lowest BCUT2D eigenvalue weighted by atomic mass is 10.3. The third-order valence-electron chi connectivity index (χ3n) is 2.71. The van der Waals surface area contributed by atoms with Gasteiger partial charge in [-0.15, -0.1) is 0 Å². The maximum absolute atomic E-state index is 11.8. The minimum absolute atomic E-state index is 0.188. The smallest absolute Gasteiger partial charge is 0.268 e. The number of ether oxygens (including phenoxy) is 1. The van der Waals surface area contributed by atoms with Gasteiger partial charge >= 0.3 is 0 Å². The van der Waals surface area contributed by atoms with Gasteiger partial charge in [0, 0.05) is 30.6 Å². The predicted octanol–water partition coefficient (Wildman–Crippen LogP) is 0.390. The topological polar surface area (TPSA) is 96.1 Å². The number of nitrogens with zero attached hydrogens (tertiary/aromatic N) is 6. The van der Waals surface area contributed by atoms with E-state index in [0.717, 1.165) is 18.8 Å². The molecule has 0 unspecified atom stereocenters. The van der Waals surface area contributed by atoms with Crippen molar-refractivity contribution in [3.05, 3.63) is 33.1 Å². The first-order valence-electron chi connectivity index (χ1n) is 5.72. The lowest BCUT2D eigenvalue weighted by molar-refractivity contribution is 0.122. The zero-order valence-corrected chi connectivity index (χ0v) is 9.90. The van der Waals surface area contributed by atoms with Gasteiger partial charge in [0.25, 0.3) is 5.56 Å². The SMILES string of the molecule is [N-]=[N+]=NCCn1ncc(N2CCOCC2)cc1=O. The summed E-state index contributed by atoms with van der Waals surface area (Å²) in [6.07, 6.45) is 1.66. The monoisotopic (exact) mass is 250 g/mol. The lowest BCUT2D eigenvalue weighted by Gasteiger charge is -2.28. The second kappa shape index (κ2) is 6.04. The second-order valence-corrected chi connectivity index (χ2v) is 3.83. The summed E-state index contributed by atoms with van der Waals surface area (Å²) in [4.78, 5) is 16.5. The molecule has 1 aliphatic heterocycles. The molecule has 2 rings (SSSR count). The minimum Gasteiger partial charge on any atom is -0.378 e. The molecule has 8 heteroatoms. The molecule has 0 saturated carbocycles. The first-order chi connectivity index (χ1) is 8.81. The zero-order valence-electron chi connectivity index (χ0n) is 9.90. The number of azide groups is 1. The van der Waals surface area contributed by atoms with Crippen molar-refractivity contribution in [1.82, 2.24) is 9.78 Å². The zero-order chi connectivity index (χ0) is 12.8. The number of rotatable bonds is 4. The van der Waals surface area contributed by atoms with Crippen LogP contribution in [-0.2, 0) is 11.3 Å². The summed E-state index contributed by atoms with van der Waals surface area (Å²) in [5, 5.41) is 7.44. The summed E-state index contributed by atoms with van der Waals surface area (Å²) >= 11 is 0. The summed E-state index contributed by atoms with van der Waals surface area (Å²) in [5.41, 5.74) is 8.78. The standard InChI is InChI=1S/C10H14N6O2/c11-14-12-1-2-16-10(17)7-9(8-13-16)15-3-5-18-6-4-15/h7-8H,1-6H2. The molecule has 0 atom stereocenters. The molecule has 0 radical (unpaired) electrons. The van der Waals surface area contributed by atoms with Crippen LogP contribution in [-0.4, -0.2) is 42.6 Å². The van der Waals surface area contributed by atoms with Gasteiger partial charge < -0.3 is 9.64 Å². The fraction of sp³-hybridized carbons (Fsp3) is 0.600. The number of hydrogen-bond acceptors (Lipinski definition) is 5. The molecule has 1 aliphatic rings. The molecule has 1 aromatic heterocycles. The van der Waals surface area contributed by atoms with E-state index >= 15 is 0 Å². The average Bonchev–Trinajstić information content (AvgIpc) is 2.42. The van der Waals surface area contributed by atoms with Crippen LogP contribution in [0.15, 0.2) is 22.2 Å². The molecular formula is C10H14N6O2. The summed E-state index contributed by atoms with van der Waals surface area (Å²) in [7, 11) is 0. The first-order valence-corrected chi connectivity index (χ1v) is 5.72. The molecule has 0 N–H and O–H groups in total. The average molecular weight is 250 g/mol. The number of morpholine rings is 1. The van der Waals surface area contributed by atoms with Crippen LogP contribution < -0.4 is 10.5 Å². The fourth-order valence-electron chi connectivity index (χ4n) is 1.77. The van der Waals surface area contributed by atoms with Crippen molar-refractivity contribution >= 4 is 5.69 Å². The summed E-state index contributed by atoms with van der Waals surface area (Å²) in [6, 6.07) is 1.55. The third-order valence-corrected chi connectivity index (χ3v) is 2.71. The van der Waals surface area contributed by atoms with Crippen LogP contribution in [0.3, 0.4) is 0 Å². The minimum atomic E-state index is -0.188. The second-order valence-electron chi connectivity index (χ2n) is 3.83. The predicted molar refractivity (Wildman–Crippen MR) is 65.5 cm³/mol. The molecule has 0 bridgehead atoms. The highest BCUT2D eigenvalue weighted by Crippen LogP contribution is 2.11. The van der Waals surface area contributed by atoms with Crippen molar-refractivity contribution in [2.24, 2.45) is 5.11 Å². The molecule has 0 amide bonds. The van der Waals surface area contributed by atoms with Crippen molar-refractivity contribution in [1.29, 1.82) is 0 Å². The van der Waals surface area contributed by atoms with E-state index in [2.05, 4.69) is 20.0 Å². The highest BCUT2D eigenvalue weighted by Gasteiger charge is 2.12.